The number of hydrogen-bond donors (Lipinski definition) is 8. The van der Waals surface area contributed by atoms with Crippen molar-refractivity contribution >= 4 is 59.2 Å². The second kappa shape index (κ2) is 23.2. The molecule has 0 aliphatic rings. The molecule has 0 heterocycles. The van der Waals surface area contributed by atoms with Crippen molar-refractivity contribution < 1.29 is 57.5 Å². The van der Waals surface area contributed by atoms with E-state index in [9.17, 15) is 48.5 Å². The number of hydrogen-bond acceptors (Lipinski definition) is 13. The van der Waals surface area contributed by atoms with E-state index in [4.69, 9.17) is 19.9 Å². The van der Waals surface area contributed by atoms with Crippen molar-refractivity contribution in [3.63, 3.8) is 0 Å². The molecule has 22 nitrogen and oxygen atoms in total. The van der Waals surface area contributed by atoms with E-state index in [2.05, 4.69) is 37.2 Å². The van der Waals surface area contributed by atoms with Crippen LogP contribution in [0.25, 0.3) is 0 Å². The summed E-state index contributed by atoms with van der Waals surface area (Å²) in [4.78, 5) is 109. The Labute approximate surface area is 333 Å². The quantitative estimate of drug-likeness (QED) is 0.0305. The van der Waals surface area contributed by atoms with Gasteiger partial charge in [0.15, 0.2) is 0 Å². The summed E-state index contributed by atoms with van der Waals surface area (Å²) in [7, 11) is 0. The van der Waals surface area contributed by atoms with Crippen LogP contribution in [-0.2, 0) is 40.1 Å². The lowest BCUT2D eigenvalue weighted by atomic mass is 10.0. The minimum Gasteiger partial charge on any atom is -0.444 e. The fourth-order valence-corrected chi connectivity index (χ4v) is 4.57. The molecule has 9 N–H and O–H groups in total. The van der Waals surface area contributed by atoms with Crippen LogP contribution in [-0.4, -0.2) is 96.6 Å². The molecule has 0 bridgehead atoms. The number of nitrogens with zero attached hydrogens (tertiary/aromatic N) is 1. The van der Waals surface area contributed by atoms with E-state index in [0.29, 0.717) is 11.3 Å². The van der Waals surface area contributed by atoms with Crippen LogP contribution in [0, 0.1) is 16.0 Å². The second-order valence-corrected chi connectivity index (χ2v) is 13.8. The van der Waals surface area contributed by atoms with Gasteiger partial charge in [0.1, 0.15) is 36.6 Å². The zero-order valence-electron chi connectivity index (χ0n) is 32.6. The van der Waals surface area contributed by atoms with Crippen LogP contribution in [0.3, 0.4) is 0 Å². The Bertz CT molecular complexity index is 1780. The van der Waals surface area contributed by atoms with Crippen LogP contribution in [0.2, 0.25) is 0 Å². The van der Waals surface area contributed by atoms with Gasteiger partial charge in [0, 0.05) is 24.4 Å². The topological polar surface area (TPSA) is 318 Å². The number of primary amides is 1. The Balaban J connectivity index is 1.93. The molecule has 2 aromatic rings. The van der Waals surface area contributed by atoms with Gasteiger partial charge in [-0.3, -0.25) is 34.1 Å². The fraction of sp³-hybridized carbons (Fsp3) is 0.444. The average molecular weight is 816 g/mol. The molecule has 0 fully saturated rings. The van der Waals surface area contributed by atoms with Gasteiger partial charge in [-0.25, -0.2) is 14.4 Å². The van der Waals surface area contributed by atoms with Crippen LogP contribution >= 0.6 is 0 Å². The van der Waals surface area contributed by atoms with Crippen molar-refractivity contribution in [2.75, 3.05) is 31.5 Å². The monoisotopic (exact) mass is 815 g/mol. The third-order valence-electron chi connectivity index (χ3n) is 7.38. The molecule has 2 aromatic carbocycles. The molecule has 2 rings (SSSR count). The number of rotatable bonds is 20. The first kappa shape index (κ1) is 47.2. The first-order chi connectivity index (χ1) is 27.2. The van der Waals surface area contributed by atoms with E-state index in [0.717, 1.165) is 0 Å². The Morgan fingerprint density at radius 2 is 1.36 bits per heavy atom. The lowest BCUT2D eigenvalue weighted by Crippen LogP contribution is -2.56. The smallest absolute Gasteiger partial charge is 0.444 e. The molecule has 0 radical (unpaired) electrons. The molecule has 0 saturated carbocycles. The molecule has 0 saturated heterocycles. The number of nitro benzene ring substituents is 1. The molecular weight excluding hydrogens is 766 g/mol. The number of ether oxygens (including phenoxy) is 3. The average Bonchev–Trinajstić information content (AvgIpc) is 3.14. The predicted molar refractivity (Wildman–Crippen MR) is 205 cm³/mol. The Kier molecular flexibility index (Phi) is 18.8. The Hall–Kier alpha value is -7.00. The van der Waals surface area contributed by atoms with E-state index < -0.39 is 96.0 Å². The minimum absolute atomic E-state index is 0.0414. The number of benzene rings is 2. The summed E-state index contributed by atoms with van der Waals surface area (Å²) in [6.07, 6.45) is -1.59. The number of carbonyl (C=O) groups excluding carboxylic acids is 8. The third-order valence-corrected chi connectivity index (χ3v) is 7.38. The van der Waals surface area contributed by atoms with Crippen molar-refractivity contribution in [1.29, 1.82) is 0 Å². The zero-order valence-corrected chi connectivity index (χ0v) is 32.6. The van der Waals surface area contributed by atoms with Crippen molar-refractivity contribution in [3.8, 4) is 5.75 Å². The van der Waals surface area contributed by atoms with Gasteiger partial charge in [-0.15, -0.1) is 0 Å². The fourth-order valence-electron chi connectivity index (χ4n) is 4.57. The summed E-state index contributed by atoms with van der Waals surface area (Å²) in [5.41, 5.74) is 5.01. The highest BCUT2D eigenvalue weighted by atomic mass is 16.7. The van der Waals surface area contributed by atoms with E-state index in [1.54, 1.807) is 46.8 Å². The standard InChI is InChI=1S/C36H49N9O13/c1-21(2)30(44-29(48)19-40-27(46)17-39-28(47)18-41-34(52)58-36(3,4)5)32(50)43-26(7-6-16-38-33(37)51)31(49)42-23-10-8-22(9-11-23)20-56-35(53)57-25-14-12-24(13-15-25)45(54)55/h8-15,21,26,30H,6-7,16-20H2,1-5H3,(H,39,47)(H,40,46)(H,41,52)(H,42,49)(H,43,50)(H,44,48)(H3,37,38,51)/t26-,30-/m0/s1. The maximum atomic E-state index is 13.4. The van der Waals surface area contributed by atoms with E-state index in [-0.39, 0.29) is 37.4 Å². The van der Waals surface area contributed by atoms with Crippen LogP contribution < -0.4 is 47.7 Å². The molecular formula is C36H49N9O13. The molecule has 0 aliphatic carbocycles. The molecule has 0 spiro atoms. The number of amides is 8. The van der Waals surface area contributed by atoms with Crippen molar-refractivity contribution in [3.05, 3.63) is 64.2 Å². The molecule has 58 heavy (non-hydrogen) atoms. The summed E-state index contributed by atoms with van der Waals surface area (Å²) in [6.45, 7) is 6.64. The number of nitro groups is 1. The highest BCUT2D eigenvalue weighted by molar-refractivity contribution is 5.98. The van der Waals surface area contributed by atoms with Gasteiger partial charge in [0.05, 0.1) is 18.0 Å². The molecule has 0 aromatic heterocycles. The molecule has 2 atom stereocenters. The maximum absolute atomic E-state index is 13.4. The zero-order chi connectivity index (χ0) is 43.4. The van der Waals surface area contributed by atoms with Crippen LogP contribution in [0.5, 0.6) is 5.75 Å². The Morgan fingerprint density at radius 3 is 1.91 bits per heavy atom. The van der Waals surface area contributed by atoms with Gasteiger partial charge < -0.3 is 57.2 Å². The molecule has 8 amide bonds. The van der Waals surface area contributed by atoms with Crippen molar-refractivity contribution in [2.45, 2.75) is 71.8 Å². The first-order valence-electron chi connectivity index (χ1n) is 17.8. The van der Waals surface area contributed by atoms with Crippen LogP contribution in [0.1, 0.15) is 53.0 Å². The van der Waals surface area contributed by atoms with Gasteiger partial charge in [0.2, 0.25) is 29.5 Å². The number of nitrogens with two attached hydrogens (primary N) is 1. The number of anilines is 1. The highest BCUT2D eigenvalue weighted by Crippen LogP contribution is 2.18. The van der Waals surface area contributed by atoms with E-state index in [1.165, 1.54) is 36.4 Å². The molecule has 0 aliphatic heterocycles. The summed E-state index contributed by atoms with van der Waals surface area (Å²) in [5.74, 6) is -3.93. The van der Waals surface area contributed by atoms with Gasteiger partial charge >= 0.3 is 18.3 Å². The molecule has 22 heteroatoms. The number of urea groups is 1. The SMILES string of the molecule is CC(C)[C@H](NC(=O)CNC(=O)CNC(=O)CNC(=O)OC(C)(C)C)C(=O)N[C@@H](CCCNC(N)=O)C(=O)Nc1ccc(COC(=O)Oc2ccc([N+](=O)[O-])cc2)cc1. The molecule has 316 valence electrons. The summed E-state index contributed by atoms with van der Waals surface area (Å²) in [6, 6.07) is 7.90. The summed E-state index contributed by atoms with van der Waals surface area (Å²) in [5, 5.41) is 27.8. The van der Waals surface area contributed by atoms with E-state index in [1.807, 2.05) is 0 Å². The minimum atomic E-state index is -1.15. The number of alkyl carbamates (subject to hydrolysis) is 1. The van der Waals surface area contributed by atoms with Gasteiger partial charge in [-0.05, 0) is 69.4 Å². The van der Waals surface area contributed by atoms with Gasteiger partial charge in [0.25, 0.3) is 5.69 Å². The lowest BCUT2D eigenvalue weighted by Gasteiger charge is -2.25. The molecule has 0 unspecified atom stereocenters. The van der Waals surface area contributed by atoms with Gasteiger partial charge in [-0.1, -0.05) is 26.0 Å². The van der Waals surface area contributed by atoms with Crippen LogP contribution in [0.15, 0.2) is 48.5 Å². The van der Waals surface area contributed by atoms with Gasteiger partial charge in [-0.2, -0.15) is 0 Å². The highest BCUT2D eigenvalue weighted by Gasteiger charge is 2.29. The summed E-state index contributed by atoms with van der Waals surface area (Å²) >= 11 is 0. The number of carbonyl (C=O) groups is 8. The number of nitrogens with one attached hydrogen (secondary N) is 7. The maximum Gasteiger partial charge on any atom is 0.514 e. The normalized spacial score (nSPS) is 11.8. The largest absolute Gasteiger partial charge is 0.514 e. The van der Waals surface area contributed by atoms with Crippen molar-refractivity contribution in [1.82, 2.24) is 31.9 Å². The predicted octanol–water partition coefficient (Wildman–Crippen LogP) is 1.08. The number of non-ortho nitro benzene ring substituents is 1. The Morgan fingerprint density at radius 1 is 0.776 bits per heavy atom. The van der Waals surface area contributed by atoms with Crippen molar-refractivity contribution in [2.24, 2.45) is 11.7 Å². The second-order valence-electron chi connectivity index (χ2n) is 13.8. The van der Waals surface area contributed by atoms with Crippen LogP contribution in [0.4, 0.5) is 25.8 Å². The lowest BCUT2D eigenvalue weighted by molar-refractivity contribution is -0.384. The van der Waals surface area contributed by atoms with E-state index >= 15 is 0 Å². The first-order valence-corrected chi connectivity index (χ1v) is 17.8. The third kappa shape index (κ3) is 19.0. The summed E-state index contributed by atoms with van der Waals surface area (Å²) < 4.78 is 15.1.